The third-order valence-corrected chi connectivity index (χ3v) is 5.43. The molecule has 0 saturated heterocycles. The summed E-state index contributed by atoms with van der Waals surface area (Å²) in [4.78, 5) is 25.5. The summed E-state index contributed by atoms with van der Waals surface area (Å²) in [5, 5.41) is 5.87. The number of benzene rings is 4. The zero-order chi connectivity index (χ0) is 25.5. The van der Waals surface area contributed by atoms with Crippen molar-refractivity contribution in [3.63, 3.8) is 0 Å². The first kappa shape index (κ1) is 24.3. The van der Waals surface area contributed by atoms with E-state index < -0.39 is 11.9 Å². The molecule has 0 saturated carbocycles. The van der Waals surface area contributed by atoms with E-state index in [1.165, 1.54) is 39.7 Å². The van der Waals surface area contributed by atoms with E-state index in [4.69, 9.17) is 18.9 Å². The maximum absolute atomic E-state index is 12.8. The fourth-order valence-corrected chi connectivity index (χ4v) is 3.66. The number of ether oxygens (including phenoxy) is 4. The van der Waals surface area contributed by atoms with Crippen LogP contribution in [0.5, 0.6) is 23.0 Å². The number of hydrogen-bond donors (Lipinski definition) is 1. The van der Waals surface area contributed by atoms with E-state index in [2.05, 4.69) is 10.5 Å². The van der Waals surface area contributed by atoms with Crippen LogP contribution in [-0.2, 0) is 0 Å². The third kappa shape index (κ3) is 5.12. The highest BCUT2D eigenvalue weighted by atomic mass is 16.5. The highest BCUT2D eigenvalue weighted by Gasteiger charge is 2.17. The molecule has 0 radical (unpaired) electrons. The maximum Gasteiger partial charge on any atom is 0.343 e. The summed E-state index contributed by atoms with van der Waals surface area (Å²) in [5.74, 6) is 0.384. The second-order valence-electron chi connectivity index (χ2n) is 7.57. The lowest BCUT2D eigenvalue weighted by molar-refractivity contribution is 0.0734. The first-order valence-corrected chi connectivity index (χ1v) is 11.0. The molecule has 0 aliphatic carbocycles. The van der Waals surface area contributed by atoms with Gasteiger partial charge in [0.2, 0.25) is 5.75 Å². The fraction of sp³-hybridized carbons (Fsp3) is 0.107. The standard InChI is InChI=1S/C28H24N2O6/c1-33-24-15-20(16-25(34-2)26(24)35-3)27(31)30-29-17-22-21-12-8-7-9-18(21)13-14-23(22)36-28(32)19-10-5-4-6-11-19/h4-17H,1-3H3,(H,30,31)/b29-17+. The molecule has 8 heteroatoms. The van der Waals surface area contributed by atoms with Gasteiger partial charge in [0.25, 0.3) is 5.91 Å². The Balaban J connectivity index is 1.63. The molecule has 36 heavy (non-hydrogen) atoms. The van der Waals surface area contributed by atoms with Crippen LogP contribution in [0, 0.1) is 0 Å². The summed E-state index contributed by atoms with van der Waals surface area (Å²) in [6.07, 6.45) is 1.45. The maximum atomic E-state index is 12.8. The van der Waals surface area contributed by atoms with Crippen molar-refractivity contribution in [3.05, 3.63) is 95.6 Å². The van der Waals surface area contributed by atoms with Crippen LogP contribution in [0.2, 0.25) is 0 Å². The van der Waals surface area contributed by atoms with Crippen molar-refractivity contribution < 1.29 is 28.5 Å². The van der Waals surface area contributed by atoms with Gasteiger partial charge in [-0.25, -0.2) is 10.2 Å². The van der Waals surface area contributed by atoms with Crippen LogP contribution in [0.4, 0.5) is 0 Å². The molecule has 0 aromatic heterocycles. The fourth-order valence-electron chi connectivity index (χ4n) is 3.66. The molecule has 0 fully saturated rings. The zero-order valence-electron chi connectivity index (χ0n) is 20.0. The Morgan fingerprint density at radius 2 is 1.42 bits per heavy atom. The molecule has 0 heterocycles. The summed E-state index contributed by atoms with van der Waals surface area (Å²) >= 11 is 0. The zero-order valence-corrected chi connectivity index (χ0v) is 20.0. The van der Waals surface area contributed by atoms with Crippen molar-refractivity contribution in [2.45, 2.75) is 0 Å². The van der Waals surface area contributed by atoms with Gasteiger partial charge in [-0.05, 0) is 41.1 Å². The summed E-state index contributed by atoms with van der Waals surface area (Å²) in [7, 11) is 4.42. The van der Waals surface area contributed by atoms with Gasteiger partial charge < -0.3 is 18.9 Å². The quantitative estimate of drug-likeness (QED) is 0.166. The lowest BCUT2D eigenvalue weighted by Crippen LogP contribution is -2.18. The van der Waals surface area contributed by atoms with Gasteiger partial charge in [0.15, 0.2) is 11.5 Å². The number of amides is 1. The van der Waals surface area contributed by atoms with E-state index in [1.807, 2.05) is 36.4 Å². The highest BCUT2D eigenvalue weighted by molar-refractivity contribution is 6.04. The van der Waals surface area contributed by atoms with Crippen LogP contribution in [0.3, 0.4) is 0 Å². The Hall–Kier alpha value is -4.85. The first-order chi connectivity index (χ1) is 17.5. The number of esters is 1. The average molecular weight is 485 g/mol. The number of methoxy groups -OCH3 is 3. The number of carbonyl (C=O) groups excluding carboxylic acids is 2. The van der Waals surface area contributed by atoms with Gasteiger partial charge in [-0.3, -0.25) is 4.79 Å². The van der Waals surface area contributed by atoms with E-state index in [0.717, 1.165) is 10.8 Å². The molecular formula is C28H24N2O6. The number of hydrazone groups is 1. The number of carbonyl (C=O) groups is 2. The molecule has 0 atom stereocenters. The largest absolute Gasteiger partial charge is 0.493 e. The normalized spacial score (nSPS) is 10.8. The molecule has 8 nitrogen and oxygen atoms in total. The Bertz CT molecular complexity index is 1410. The Morgan fingerprint density at radius 3 is 2.08 bits per heavy atom. The number of hydrogen-bond acceptors (Lipinski definition) is 7. The molecule has 4 rings (SSSR count). The van der Waals surface area contributed by atoms with Crippen LogP contribution < -0.4 is 24.4 Å². The monoisotopic (exact) mass is 484 g/mol. The summed E-state index contributed by atoms with van der Waals surface area (Å²) in [5.41, 5.74) is 3.73. The molecule has 4 aromatic rings. The van der Waals surface area contributed by atoms with Gasteiger partial charge in [-0.1, -0.05) is 48.5 Å². The number of fused-ring (bicyclic) bond motifs is 1. The summed E-state index contributed by atoms with van der Waals surface area (Å²) < 4.78 is 21.6. The Kier molecular flexibility index (Phi) is 7.45. The van der Waals surface area contributed by atoms with Crippen molar-refractivity contribution in [1.29, 1.82) is 0 Å². The van der Waals surface area contributed by atoms with Crippen molar-refractivity contribution in [2.75, 3.05) is 21.3 Å². The van der Waals surface area contributed by atoms with Crippen LogP contribution in [0.25, 0.3) is 10.8 Å². The van der Waals surface area contributed by atoms with E-state index in [-0.39, 0.29) is 5.56 Å². The Labute approximate surface area is 208 Å². The number of nitrogens with zero attached hydrogens (tertiary/aromatic N) is 1. The molecule has 0 aliphatic rings. The summed E-state index contributed by atoms with van der Waals surface area (Å²) in [6.45, 7) is 0. The van der Waals surface area contributed by atoms with Gasteiger partial charge >= 0.3 is 5.97 Å². The van der Waals surface area contributed by atoms with Gasteiger partial charge in [0.05, 0.1) is 33.1 Å². The van der Waals surface area contributed by atoms with E-state index >= 15 is 0 Å². The molecule has 182 valence electrons. The van der Waals surface area contributed by atoms with E-state index in [0.29, 0.717) is 34.1 Å². The van der Waals surface area contributed by atoms with Gasteiger partial charge in [-0.2, -0.15) is 5.10 Å². The highest BCUT2D eigenvalue weighted by Crippen LogP contribution is 2.38. The number of nitrogens with one attached hydrogen (secondary N) is 1. The average Bonchev–Trinajstić information content (AvgIpc) is 2.93. The van der Waals surface area contributed by atoms with Crippen molar-refractivity contribution in [3.8, 4) is 23.0 Å². The predicted octanol–water partition coefficient (Wildman–Crippen LogP) is 4.85. The lowest BCUT2D eigenvalue weighted by Gasteiger charge is -2.13. The SMILES string of the molecule is COc1cc(C(=O)N/N=C/c2c(OC(=O)c3ccccc3)ccc3ccccc23)cc(OC)c1OC. The van der Waals surface area contributed by atoms with Crippen LogP contribution in [0.1, 0.15) is 26.3 Å². The minimum Gasteiger partial charge on any atom is -0.493 e. The van der Waals surface area contributed by atoms with Crippen LogP contribution >= 0.6 is 0 Å². The molecule has 0 aliphatic heterocycles. The van der Waals surface area contributed by atoms with Crippen molar-refractivity contribution in [1.82, 2.24) is 5.43 Å². The van der Waals surface area contributed by atoms with Crippen LogP contribution in [0.15, 0.2) is 84.0 Å². The molecule has 0 unspecified atom stereocenters. The second kappa shape index (κ2) is 11.1. The first-order valence-electron chi connectivity index (χ1n) is 11.0. The molecule has 1 N–H and O–H groups in total. The van der Waals surface area contributed by atoms with E-state index in [9.17, 15) is 9.59 Å². The molecular weight excluding hydrogens is 460 g/mol. The molecule has 4 aromatic carbocycles. The summed E-state index contributed by atoms with van der Waals surface area (Å²) in [6, 6.07) is 22.9. The van der Waals surface area contributed by atoms with E-state index in [1.54, 1.807) is 30.3 Å². The lowest BCUT2D eigenvalue weighted by atomic mass is 10.0. The Morgan fingerprint density at radius 1 is 0.750 bits per heavy atom. The van der Waals surface area contributed by atoms with Crippen molar-refractivity contribution in [2.24, 2.45) is 5.10 Å². The molecule has 0 spiro atoms. The van der Waals surface area contributed by atoms with Gasteiger partial charge in [-0.15, -0.1) is 0 Å². The topological polar surface area (TPSA) is 95.5 Å². The van der Waals surface area contributed by atoms with Crippen LogP contribution in [-0.4, -0.2) is 39.4 Å². The minimum absolute atomic E-state index is 0.260. The molecule has 0 bridgehead atoms. The second-order valence-corrected chi connectivity index (χ2v) is 7.57. The van der Waals surface area contributed by atoms with Gasteiger partial charge in [0.1, 0.15) is 5.75 Å². The van der Waals surface area contributed by atoms with Gasteiger partial charge in [0, 0.05) is 11.1 Å². The molecule has 1 amide bonds. The van der Waals surface area contributed by atoms with Crippen molar-refractivity contribution >= 4 is 28.9 Å². The third-order valence-electron chi connectivity index (χ3n) is 5.43. The minimum atomic E-state index is -0.498. The predicted molar refractivity (Wildman–Crippen MR) is 137 cm³/mol. The smallest absolute Gasteiger partial charge is 0.343 e. The number of rotatable bonds is 8.